The van der Waals surface area contributed by atoms with Crippen molar-refractivity contribution in [3.63, 3.8) is 0 Å². The van der Waals surface area contributed by atoms with Crippen molar-refractivity contribution in [3.05, 3.63) is 11.1 Å². The Morgan fingerprint density at radius 2 is 2.53 bits per heavy atom. The maximum Gasteiger partial charge on any atom is 0.433 e. The molecule has 0 atom stereocenters. The first-order chi connectivity index (χ1) is 7.17. The standard InChI is InChI=1S/C7H7N4O3S/c1-9-7(13)14-11-4(2-12)5-3-15-6(8)10-5/h3H,1H3,(H2,8,10)(H,9,13). The Bertz CT molecular complexity index is 401. The Hall–Kier alpha value is -1.96. The third kappa shape index (κ3) is 3.02. The second-order valence-electron chi connectivity index (χ2n) is 2.24. The van der Waals surface area contributed by atoms with Crippen LogP contribution in [-0.4, -0.2) is 30.1 Å². The van der Waals surface area contributed by atoms with Crippen LogP contribution in [0.15, 0.2) is 10.5 Å². The zero-order chi connectivity index (χ0) is 11.3. The van der Waals surface area contributed by atoms with E-state index in [4.69, 9.17) is 5.73 Å². The lowest BCUT2D eigenvalue weighted by molar-refractivity contribution is 0.153. The molecular weight excluding hydrogens is 220 g/mol. The number of nitrogens with two attached hydrogens (primary N) is 1. The van der Waals surface area contributed by atoms with Crippen LogP contribution in [0.5, 0.6) is 0 Å². The van der Waals surface area contributed by atoms with Crippen LogP contribution in [0.1, 0.15) is 5.69 Å². The fourth-order valence-corrected chi connectivity index (χ4v) is 1.19. The van der Waals surface area contributed by atoms with Gasteiger partial charge in [-0.15, -0.1) is 11.3 Å². The lowest BCUT2D eigenvalue weighted by Gasteiger charge is -1.95. The van der Waals surface area contributed by atoms with Crippen molar-refractivity contribution in [2.45, 2.75) is 0 Å². The van der Waals surface area contributed by atoms with E-state index in [1.807, 2.05) is 0 Å². The molecule has 0 aromatic carbocycles. The van der Waals surface area contributed by atoms with Gasteiger partial charge >= 0.3 is 6.09 Å². The molecule has 1 amide bonds. The van der Waals surface area contributed by atoms with E-state index >= 15 is 0 Å². The third-order valence-electron chi connectivity index (χ3n) is 1.29. The minimum absolute atomic E-state index is 0.216. The van der Waals surface area contributed by atoms with Gasteiger partial charge < -0.3 is 11.1 Å². The van der Waals surface area contributed by atoms with Crippen LogP contribution in [0.25, 0.3) is 0 Å². The van der Waals surface area contributed by atoms with Crippen molar-refractivity contribution in [3.8, 4) is 0 Å². The second-order valence-corrected chi connectivity index (χ2v) is 3.13. The summed E-state index contributed by atoms with van der Waals surface area (Å²) in [6, 6.07) is 0. The molecule has 0 aliphatic carbocycles. The van der Waals surface area contributed by atoms with E-state index in [9.17, 15) is 9.59 Å². The van der Waals surface area contributed by atoms with E-state index in [0.29, 0.717) is 0 Å². The lowest BCUT2D eigenvalue weighted by Crippen LogP contribution is -2.18. The van der Waals surface area contributed by atoms with Gasteiger partial charge in [-0.1, -0.05) is 5.16 Å². The second kappa shape index (κ2) is 5.05. The van der Waals surface area contributed by atoms with Crippen molar-refractivity contribution in [1.82, 2.24) is 10.3 Å². The average molecular weight is 227 g/mol. The number of aromatic nitrogens is 1. The molecule has 0 spiro atoms. The van der Waals surface area contributed by atoms with Gasteiger partial charge in [-0.2, -0.15) is 0 Å². The van der Waals surface area contributed by atoms with Crippen molar-refractivity contribution in [2.75, 3.05) is 12.8 Å². The molecule has 0 fully saturated rings. The number of nitrogen functional groups attached to an aromatic ring is 1. The summed E-state index contributed by atoms with van der Waals surface area (Å²) >= 11 is 1.14. The zero-order valence-corrected chi connectivity index (χ0v) is 8.50. The van der Waals surface area contributed by atoms with Crippen molar-refractivity contribution < 1.29 is 14.4 Å². The monoisotopic (exact) mass is 227 g/mol. The molecule has 0 saturated carbocycles. The van der Waals surface area contributed by atoms with Gasteiger partial charge in [0.25, 0.3) is 6.29 Å². The van der Waals surface area contributed by atoms with Crippen LogP contribution in [-0.2, 0) is 9.63 Å². The van der Waals surface area contributed by atoms with E-state index in [2.05, 4.69) is 20.3 Å². The normalized spacial score (nSPS) is 10.9. The molecule has 8 heteroatoms. The van der Waals surface area contributed by atoms with Gasteiger partial charge in [0.2, 0.25) is 0 Å². The van der Waals surface area contributed by atoms with Gasteiger partial charge in [0.15, 0.2) is 10.8 Å². The summed E-state index contributed by atoms with van der Waals surface area (Å²) in [6.45, 7) is 0. The largest absolute Gasteiger partial charge is 0.433 e. The number of nitrogens with zero attached hydrogens (tertiary/aromatic N) is 2. The highest BCUT2D eigenvalue weighted by atomic mass is 32.1. The van der Waals surface area contributed by atoms with Gasteiger partial charge in [0.05, 0.1) is 0 Å². The fraction of sp³-hybridized carbons (Fsp3) is 0.143. The number of nitrogens with one attached hydrogen (secondary N) is 1. The highest BCUT2D eigenvalue weighted by molar-refractivity contribution is 7.13. The number of carbonyl (C=O) groups is 1. The Balaban J connectivity index is 2.79. The van der Waals surface area contributed by atoms with Gasteiger partial charge in [-0.05, 0) is 0 Å². The van der Waals surface area contributed by atoms with E-state index in [1.165, 1.54) is 18.7 Å². The molecule has 1 radical (unpaired) electrons. The van der Waals surface area contributed by atoms with Crippen molar-refractivity contribution in [2.24, 2.45) is 5.16 Å². The summed E-state index contributed by atoms with van der Waals surface area (Å²) in [4.78, 5) is 29.2. The van der Waals surface area contributed by atoms with Crippen LogP contribution < -0.4 is 11.1 Å². The first kappa shape index (κ1) is 11.1. The number of anilines is 1. The molecule has 1 heterocycles. The molecular formula is C7H7N4O3S. The number of oxime groups is 1. The lowest BCUT2D eigenvalue weighted by atomic mass is 10.3. The molecule has 79 valence electrons. The van der Waals surface area contributed by atoms with Gasteiger partial charge in [0, 0.05) is 12.4 Å². The number of thiazole rings is 1. The fourth-order valence-electron chi connectivity index (χ4n) is 0.647. The molecule has 1 aromatic rings. The van der Waals surface area contributed by atoms with Crippen molar-refractivity contribution >= 4 is 34.6 Å². The number of carbonyl (C=O) groups excluding carboxylic acids is 2. The molecule has 0 bridgehead atoms. The van der Waals surface area contributed by atoms with Crippen LogP contribution >= 0.6 is 11.3 Å². The molecule has 0 aliphatic rings. The molecule has 15 heavy (non-hydrogen) atoms. The number of rotatable bonds is 3. The molecule has 3 N–H and O–H groups in total. The summed E-state index contributed by atoms with van der Waals surface area (Å²) in [5.41, 5.74) is 5.36. The van der Waals surface area contributed by atoms with Crippen molar-refractivity contribution in [1.29, 1.82) is 0 Å². The van der Waals surface area contributed by atoms with Crippen LogP contribution in [0.4, 0.5) is 9.93 Å². The van der Waals surface area contributed by atoms with Crippen LogP contribution in [0.3, 0.4) is 0 Å². The molecule has 0 unspecified atom stereocenters. The molecule has 1 rings (SSSR count). The summed E-state index contributed by atoms with van der Waals surface area (Å²) in [7, 11) is 1.36. The predicted molar refractivity (Wildman–Crippen MR) is 54.3 cm³/mol. The Labute approximate surface area is 88.9 Å². The van der Waals surface area contributed by atoms with E-state index < -0.39 is 6.09 Å². The topological polar surface area (TPSA) is 107 Å². The van der Waals surface area contributed by atoms with E-state index in [-0.39, 0.29) is 16.5 Å². The minimum atomic E-state index is -0.786. The smallest absolute Gasteiger partial charge is 0.375 e. The third-order valence-corrected chi connectivity index (χ3v) is 1.96. The minimum Gasteiger partial charge on any atom is -0.375 e. The highest BCUT2D eigenvalue weighted by Gasteiger charge is 2.09. The Morgan fingerprint density at radius 3 is 3.00 bits per heavy atom. The van der Waals surface area contributed by atoms with Gasteiger partial charge in [0.1, 0.15) is 5.69 Å². The number of hydrogen-bond acceptors (Lipinski definition) is 7. The Kier molecular flexibility index (Phi) is 3.75. The van der Waals surface area contributed by atoms with E-state index in [1.54, 1.807) is 0 Å². The summed E-state index contributed by atoms with van der Waals surface area (Å²) < 4.78 is 0. The summed E-state index contributed by atoms with van der Waals surface area (Å²) in [5, 5.41) is 7.22. The summed E-state index contributed by atoms with van der Waals surface area (Å²) in [6.07, 6.45) is 0.709. The Morgan fingerprint density at radius 1 is 1.80 bits per heavy atom. The summed E-state index contributed by atoms with van der Waals surface area (Å²) in [5.74, 6) is 0. The van der Waals surface area contributed by atoms with Crippen LogP contribution in [0.2, 0.25) is 0 Å². The van der Waals surface area contributed by atoms with E-state index in [0.717, 1.165) is 11.3 Å². The molecule has 0 aliphatic heterocycles. The zero-order valence-electron chi connectivity index (χ0n) is 7.68. The highest BCUT2D eigenvalue weighted by Crippen LogP contribution is 2.11. The first-order valence-corrected chi connectivity index (χ1v) is 4.61. The molecule has 7 nitrogen and oxygen atoms in total. The SMILES string of the molecule is CNC(=O)ON=C([C]=O)c1csc(N)n1. The predicted octanol–water partition coefficient (Wildman–Crippen LogP) is -0.105. The average Bonchev–Trinajstić information content (AvgIpc) is 2.65. The van der Waals surface area contributed by atoms with Gasteiger partial charge in [-0.25, -0.2) is 9.78 Å². The number of hydrogen-bond donors (Lipinski definition) is 2. The maximum absolute atomic E-state index is 10.7. The van der Waals surface area contributed by atoms with Crippen LogP contribution in [0, 0.1) is 0 Å². The quantitative estimate of drug-likeness (QED) is 0.426. The first-order valence-electron chi connectivity index (χ1n) is 3.73. The van der Waals surface area contributed by atoms with Gasteiger partial charge in [-0.3, -0.25) is 9.63 Å². The number of amides is 1. The maximum atomic E-state index is 10.7. The molecule has 0 saturated heterocycles. The molecule has 1 aromatic heterocycles.